The first-order chi connectivity index (χ1) is 12.0. The number of hydrogen-bond acceptors (Lipinski definition) is 4. The molecular formula is C20H20N2O3. The number of carbonyl (C=O) groups is 3. The van der Waals surface area contributed by atoms with Crippen LogP contribution in [0.5, 0.6) is 0 Å². The maximum absolute atomic E-state index is 12.7. The maximum Gasteiger partial charge on any atom is 0.241 e. The van der Waals surface area contributed by atoms with Gasteiger partial charge in [0.05, 0.1) is 5.69 Å². The van der Waals surface area contributed by atoms with Crippen LogP contribution in [-0.2, 0) is 4.79 Å². The molecule has 1 amide bonds. The molecule has 5 nitrogen and oxygen atoms in total. The summed E-state index contributed by atoms with van der Waals surface area (Å²) in [6, 6.07) is 11.5. The lowest BCUT2D eigenvalue weighted by Crippen LogP contribution is -2.37. The molecule has 128 valence electrons. The predicted molar refractivity (Wildman–Crippen MR) is 95.6 cm³/mol. The summed E-state index contributed by atoms with van der Waals surface area (Å²) >= 11 is 0. The van der Waals surface area contributed by atoms with Crippen molar-refractivity contribution in [3.8, 4) is 0 Å². The van der Waals surface area contributed by atoms with Crippen molar-refractivity contribution in [2.24, 2.45) is 5.84 Å². The average molecular weight is 336 g/mol. The Morgan fingerprint density at radius 1 is 0.920 bits per heavy atom. The topological polar surface area (TPSA) is 80.5 Å². The van der Waals surface area contributed by atoms with Gasteiger partial charge in [0.15, 0.2) is 11.6 Å². The highest BCUT2D eigenvalue weighted by Crippen LogP contribution is 2.29. The summed E-state index contributed by atoms with van der Waals surface area (Å²) in [5, 5.41) is 1.06. The van der Waals surface area contributed by atoms with Crippen LogP contribution in [-0.4, -0.2) is 17.5 Å². The van der Waals surface area contributed by atoms with Crippen LogP contribution < -0.4 is 10.9 Å². The van der Waals surface area contributed by atoms with Gasteiger partial charge in [-0.15, -0.1) is 0 Å². The number of anilines is 1. The summed E-state index contributed by atoms with van der Waals surface area (Å²) in [7, 11) is 0. The van der Waals surface area contributed by atoms with Crippen molar-refractivity contribution >= 4 is 23.2 Å². The molecule has 0 atom stereocenters. The van der Waals surface area contributed by atoms with Crippen LogP contribution in [0.25, 0.3) is 0 Å². The third-order valence-electron chi connectivity index (χ3n) is 4.45. The van der Waals surface area contributed by atoms with E-state index in [0.29, 0.717) is 28.8 Å². The number of amides is 1. The lowest BCUT2D eigenvalue weighted by molar-refractivity contribution is -0.118. The normalized spacial score (nSPS) is 12.6. The zero-order chi connectivity index (χ0) is 18.0. The number of hydrogen-bond donors (Lipinski definition) is 1. The minimum absolute atomic E-state index is 0.186. The summed E-state index contributed by atoms with van der Waals surface area (Å²) < 4.78 is 0. The van der Waals surface area contributed by atoms with E-state index in [1.165, 1.54) is 6.07 Å². The SMILES string of the molecule is CCCCCC(=O)N(N)c1ccc2c(c1)C(=O)c1ccccc1C2=O. The lowest BCUT2D eigenvalue weighted by Gasteiger charge is -2.21. The Kier molecular flexibility index (Phi) is 4.76. The van der Waals surface area contributed by atoms with Gasteiger partial charge >= 0.3 is 0 Å². The predicted octanol–water partition coefficient (Wildman–Crippen LogP) is 3.25. The van der Waals surface area contributed by atoms with Gasteiger partial charge in [-0.05, 0) is 24.6 Å². The first-order valence-corrected chi connectivity index (χ1v) is 8.44. The van der Waals surface area contributed by atoms with E-state index in [1.54, 1.807) is 36.4 Å². The van der Waals surface area contributed by atoms with Crippen LogP contribution in [0.1, 0.15) is 64.4 Å². The van der Waals surface area contributed by atoms with Crippen molar-refractivity contribution in [3.63, 3.8) is 0 Å². The van der Waals surface area contributed by atoms with Crippen molar-refractivity contribution in [1.82, 2.24) is 0 Å². The first kappa shape index (κ1) is 17.0. The van der Waals surface area contributed by atoms with Crippen molar-refractivity contribution in [1.29, 1.82) is 0 Å². The Hall–Kier alpha value is -2.79. The fourth-order valence-electron chi connectivity index (χ4n) is 3.03. The molecule has 0 unspecified atom stereocenters. The van der Waals surface area contributed by atoms with Crippen LogP contribution in [0.15, 0.2) is 42.5 Å². The molecule has 5 heteroatoms. The minimum Gasteiger partial charge on any atom is -0.289 e. The Bertz CT molecular complexity index is 858. The highest BCUT2D eigenvalue weighted by Gasteiger charge is 2.30. The van der Waals surface area contributed by atoms with Crippen molar-refractivity contribution in [3.05, 3.63) is 64.7 Å². The molecule has 0 saturated carbocycles. The number of benzene rings is 2. The van der Waals surface area contributed by atoms with E-state index in [-0.39, 0.29) is 23.0 Å². The molecule has 2 aromatic carbocycles. The summed E-state index contributed by atoms with van der Waals surface area (Å²) in [6.07, 6.45) is 3.12. The Morgan fingerprint density at radius 3 is 2.16 bits per heavy atom. The molecule has 0 fully saturated rings. The molecule has 2 aromatic rings. The van der Waals surface area contributed by atoms with Crippen LogP contribution in [0.4, 0.5) is 5.69 Å². The van der Waals surface area contributed by atoms with Crippen molar-refractivity contribution in [2.45, 2.75) is 32.6 Å². The van der Waals surface area contributed by atoms with Gasteiger partial charge in [-0.25, -0.2) is 10.9 Å². The second-order valence-corrected chi connectivity index (χ2v) is 6.15. The number of unbranched alkanes of at least 4 members (excludes halogenated alkanes) is 2. The van der Waals surface area contributed by atoms with E-state index >= 15 is 0 Å². The third kappa shape index (κ3) is 3.10. The van der Waals surface area contributed by atoms with Gasteiger partial charge in [0.25, 0.3) is 0 Å². The zero-order valence-electron chi connectivity index (χ0n) is 14.1. The van der Waals surface area contributed by atoms with Gasteiger partial charge in [0.1, 0.15) is 0 Å². The van der Waals surface area contributed by atoms with E-state index in [0.717, 1.165) is 24.3 Å². The van der Waals surface area contributed by atoms with E-state index in [4.69, 9.17) is 5.84 Å². The fraction of sp³-hybridized carbons (Fsp3) is 0.250. The number of carbonyl (C=O) groups excluding carboxylic acids is 3. The van der Waals surface area contributed by atoms with E-state index in [2.05, 4.69) is 6.92 Å². The van der Waals surface area contributed by atoms with Crippen LogP contribution in [0, 0.1) is 0 Å². The summed E-state index contributed by atoms with van der Waals surface area (Å²) in [4.78, 5) is 37.5. The molecule has 2 N–H and O–H groups in total. The number of fused-ring (bicyclic) bond motifs is 2. The molecule has 1 aliphatic rings. The largest absolute Gasteiger partial charge is 0.289 e. The van der Waals surface area contributed by atoms with Gasteiger partial charge in [-0.3, -0.25) is 14.4 Å². The Labute approximate surface area is 146 Å². The highest BCUT2D eigenvalue weighted by atomic mass is 16.2. The summed E-state index contributed by atoms with van der Waals surface area (Å²) in [6.45, 7) is 2.06. The third-order valence-corrected chi connectivity index (χ3v) is 4.45. The molecule has 0 saturated heterocycles. The molecule has 25 heavy (non-hydrogen) atoms. The van der Waals surface area contributed by atoms with Gasteiger partial charge < -0.3 is 0 Å². The Morgan fingerprint density at radius 2 is 1.52 bits per heavy atom. The number of nitrogens with zero attached hydrogens (tertiary/aromatic N) is 1. The van der Waals surface area contributed by atoms with Crippen LogP contribution >= 0.6 is 0 Å². The van der Waals surface area contributed by atoms with Gasteiger partial charge in [0, 0.05) is 28.7 Å². The fourth-order valence-corrected chi connectivity index (χ4v) is 3.03. The number of nitrogens with two attached hydrogens (primary N) is 1. The molecule has 0 spiro atoms. The molecule has 1 aliphatic carbocycles. The molecular weight excluding hydrogens is 316 g/mol. The molecule has 0 radical (unpaired) electrons. The highest BCUT2D eigenvalue weighted by molar-refractivity contribution is 6.28. The summed E-state index contributed by atoms with van der Waals surface area (Å²) in [5.41, 5.74) is 1.85. The molecule has 0 aliphatic heterocycles. The molecule has 0 bridgehead atoms. The van der Waals surface area contributed by atoms with E-state index in [1.807, 2.05) is 0 Å². The zero-order valence-corrected chi connectivity index (χ0v) is 14.1. The smallest absolute Gasteiger partial charge is 0.241 e. The lowest BCUT2D eigenvalue weighted by atomic mass is 9.84. The maximum atomic E-state index is 12.7. The first-order valence-electron chi connectivity index (χ1n) is 8.44. The second-order valence-electron chi connectivity index (χ2n) is 6.15. The van der Waals surface area contributed by atoms with Crippen LogP contribution in [0.3, 0.4) is 0 Å². The van der Waals surface area contributed by atoms with Gasteiger partial charge in [0.2, 0.25) is 5.91 Å². The molecule has 3 rings (SSSR count). The minimum atomic E-state index is -0.223. The molecule has 0 heterocycles. The standard InChI is InChI=1S/C20H20N2O3/c1-2-3-4-9-18(23)22(21)13-10-11-16-17(12-13)20(25)15-8-6-5-7-14(15)19(16)24/h5-8,10-12H,2-4,9,21H2,1H3. The quantitative estimate of drug-likeness (QED) is 0.336. The van der Waals surface area contributed by atoms with Crippen molar-refractivity contribution < 1.29 is 14.4 Å². The summed E-state index contributed by atoms with van der Waals surface area (Å²) in [5.74, 6) is 5.30. The average Bonchev–Trinajstić information content (AvgIpc) is 2.65. The molecule has 0 aromatic heterocycles. The van der Waals surface area contributed by atoms with E-state index < -0.39 is 0 Å². The Balaban J connectivity index is 1.91. The second kappa shape index (κ2) is 6.99. The number of hydrazine groups is 1. The van der Waals surface area contributed by atoms with Crippen LogP contribution in [0.2, 0.25) is 0 Å². The monoisotopic (exact) mass is 336 g/mol. The van der Waals surface area contributed by atoms with Crippen molar-refractivity contribution in [2.75, 3.05) is 5.01 Å². The number of rotatable bonds is 5. The number of ketones is 2. The van der Waals surface area contributed by atoms with Gasteiger partial charge in [-0.1, -0.05) is 44.0 Å². The van der Waals surface area contributed by atoms with Gasteiger partial charge in [-0.2, -0.15) is 0 Å². The van der Waals surface area contributed by atoms with E-state index in [9.17, 15) is 14.4 Å².